The molecule has 0 N–H and O–H groups in total. The highest BCUT2D eigenvalue weighted by Gasteiger charge is 2.22. The van der Waals surface area contributed by atoms with Crippen LogP contribution in [0.25, 0.3) is 0 Å². The first-order valence-corrected chi connectivity index (χ1v) is 7.72. The number of ether oxygens (including phenoxy) is 2. The molecule has 1 aromatic carbocycles. The fourth-order valence-corrected chi connectivity index (χ4v) is 3.41. The lowest BCUT2D eigenvalue weighted by molar-refractivity contribution is 0.228. The Morgan fingerprint density at radius 3 is 2.61 bits per heavy atom. The number of aryl methyl sites for hydroxylation is 1. The van der Waals surface area contributed by atoms with Gasteiger partial charge in [-0.3, -0.25) is 0 Å². The summed E-state index contributed by atoms with van der Waals surface area (Å²) in [5, 5.41) is 0. The summed E-state index contributed by atoms with van der Waals surface area (Å²) in [5.74, 6) is 2.31. The van der Waals surface area contributed by atoms with E-state index in [4.69, 9.17) is 9.47 Å². The van der Waals surface area contributed by atoms with Crippen LogP contribution in [0.15, 0.2) is 12.1 Å². The lowest BCUT2D eigenvalue weighted by Gasteiger charge is -2.15. The Bertz CT molecular complexity index is 444. The van der Waals surface area contributed by atoms with Gasteiger partial charge in [0.1, 0.15) is 0 Å². The molecule has 2 aliphatic rings. The van der Waals surface area contributed by atoms with Crippen LogP contribution in [-0.4, -0.2) is 13.2 Å². The second-order valence-electron chi connectivity index (χ2n) is 5.44. The maximum atomic E-state index is 5.87. The minimum Gasteiger partial charge on any atom is -0.489 e. The van der Waals surface area contributed by atoms with E-state index in [1.165, 1.54) is 30.4 Å². The van der Waals surface area contributed by atoms with E-state index in [-0.39, 0.29) is 0 Å². The minimum absolute atomic E-state index is 0.456. The average molecular weight is 311 g/mol. The molecule has 2 unspecified atom stereocenters. The molecule has 0 saturated carbocycles. The first-order chi connectivity index (χ1) is 8.74. The number of alkyl halides is 1. The van der Waals surface area contributed by atoms with Gasteiger partial charge in [-0.2, -0.15) is 0 Å². The van der Waals surface area contributed by atoms with Gasteiger partial charge in [-0.25, -0.2) is 0 Å². The fourth-order valence-electron chi connectivity index (χ4n) is 2.66. The number of halogens is 1. The highest BCUT2D eigenvalue weighted by atomic mass is 79.9. The van der Waals surface area contributed by atoms with E-state index in [1.54, 1.807) is 0 Å². The van der Waals surface area contributed by atoms with Gasteiger partial charge < -0.3 is 9.47 Å². The van der Waals surface area contributed by atoms with Gasteiger partial charge in [-0.15, -0.1) is 0 Å². The lowest BCUT2D eigenvalue weighted by atomic mass is 10.0. The van der Waals surface area contributed by atoms with E-state index in [0.717, 1.165) is 31.1 Å². The molecular formula is C15H19BrO2. The summed E-state index contributed by atoms with van der Waals surface area (Å²) in [7, 11) is 0. The molecular weight excluding hydrogens is 292 g/mol. The molecule has 1 aliphatic carbocycles. The van der Waals surface area contributed by atoms with E-state index in [2.05, 4.69) is 35.0 Å². The molecule has 0 radical (unpaired) electrons. The molecule has 1 aromatic rings. The molecule has 3 rings (SSSR count). The topological polar surface area (TPSA) is 18.5 Å². The smallest absolute Gasteiger partial charge is 0.161 e. The van der Waals surface area contributed by atoms with Crippen molar-refractivity contribution in [1.29, 1.82) is 0 Å². The van der Waals surface area contributed by atoms with E-state index < -0.39 is 0 Å². The van der Waals surface area contributed by atoms with Crippen molar-refractivity contribution in [3.05, 3.63) is 23.3 Å². The molecule has 0 spiro atoms. The number of fused-ring (bicyclic) bond motifs is 2. The monoisotopic (exact) mass is 310 g/mol. The summed E-state index contributed by atoms with van der Waals surface area (Å²) >= 11 is 3.80. The highest BCUT2D eigenvalue weighted by molar-refractivity contribution is 9.09. The number of rotatable bonds is 0. The van der Waals surface area contributed by atoms with Crippen molar-refractivity contribution in [3.63, 3.8) is 0 Å². The minimum atomic E-state index is 0.456. The predicted octanol–water partition coefficient (Wildman–Crippen LogP) is 4.26. The first kappa shape index (κ1) is 12.3. The average Bonchev–Trinajstić information content (AvgIpc) is 2.66. The van der Waals surface area contributed by atoms with Crippen molar-refractivity contribution in [2.24, 2.45) is 5.92 Å². The van der Waals surface area contributed by atoms with Crippen molar-refractivity contribution in [2.45, 2.75) is 37.4 Å². The zero-order valence-corrected chi connectivity index (χ0v) is 12.3. The van der Waals surface area contributed by atoms with Crippen molar-refractivity contribution < 1.29 is 9.47 Å². The van der Waals surface area contributed by atoms with E-state index in [9.17, 15) is 0 Å². The van der Waals surface area contributed by atoms with Crippen LogP contribution in [0.4, 0.5) is 0 Å². The van der Waals surface area contributed by atoms with Crippen LogP contribution in [-0.2, 0) is 6.42 Å². The van der Waals surface area contributed by atoms with Crippen LogP contribution in [0.3, 0.4) is 0 Å². The Balaban J connectivity index is 2.00. The van der Waals surface area contributed by atoms with Crippen LogP contribution in [0.2, 0.25) is 0 Å². The molecule has 18 heavy (non-hydrogen) atoms. The lowest BCUT2D eigenvalue weighted by Crippen LogP contribution is -2.12. The molecule has 2 nitrogen and oxygen atoms in total. The van der Waals surface area contributed by atoms with E-state index in [0.29, 0.717) is 10.7 Å². The van der Waals surface area contributed by atoms with Crippen molar-refractivity contribution >= 4 is 15.9 Å². The van der Waals surface area contributed by atoms with Crippen LogP contribution in [0.5, 0.6) is 11.5 Å². The SMILES string of the molecule is CC1COc2cc3c(cc2OC1)C(Br)CCCC3. The summed E-state index contributed by atoms with van der Waals surface area (Å²) in [6.45, 7) is 3.66. The van der Waals surface area contributed by atoms with Gasteiger partial charge in [0.05, 0.1) is 13.2 Å². The molecule has 1 aliphatic heterocycles. The number of hydrogen-bond donors (Lipinski definition) is 0. The molecule has 1 heterocycles. The maximum Gasteiger partial charge on any atom is 0.161 e. The number of benzene rings is 1. The third-order valence-corrected chi connectivity index (χ3v) is 4.69. The summed E-state index contributed by atoms with van der Waals surface area (Å²) in [6.07, 6.45) is 4.92. The van der Waals surface area contributed by atoms with Crippen LogP contribution in [0, 0.1) is 5.92 Å². The quantitative estimate of drug-likeness (QED) is 0.526. The van der Waals surface area contributed by atoms with Crippen molar-refractivity contribution in [3.8, 4) is 11.5 Å². The van der Waals surface area contributed by atoms with Crippen LogP contribution in [0.1, 0.15) is 42.1 Å². The van der Waals surface area contributed by atoms with Gasteiger partial charge in [0.15, 0.2) is 11.5 Å². The molecule has 0 aromatic heterocycles. The summed E-state index contributed by atoms with van der Waals surface area (Å²) < 4.78 is 11.7. The van der Waals surface area contributed by atoms with Gasteiger partial charge in [-0.1, -0.05) is 29.3 Å². The Kier molecular flexibility index (Phi) is 3.51. The second-order valence-corrected chi connectivity index (χ2v) is 6.54. The predicted molar refractivity (Wildman–Crippen MR) is 75.8 cm³/mol. The van der Waals surface area contributed by atoms with Gasteiger partial charge in [0.2, 0.25) is 0 Å². The first-order valence-electron chi connectivity index (χ1n) is 6.80. The van der Waals surface area contributed by atoms with E-state index >= 15 is 0 Å². The molecule has 0 amide bonds. The molecule has 0 bridgehead atoms. The van der Waals surface area contributed by atoms with Gasteiger partial charge in [-0.05, 0) is 42.5 Å². The normalized spacial score (nSPS) is 27.0. The van der Waals surface area contributed by atoms with Gasteiger partial charge >= 0.3 is 0 Å². The van der Waals surface area contributed by atoms with Crippen molar-refractivity contribution in [2.75, 3.05) is 13.2 Å². The molecule has 3 heteroatoms. The summed E-state index contributed by atoms with van der Waals surface area (Å²) in [6, 6.07) is 4.38. The Morgan fingerprint density at radius 2 is 1.83 bits per heavy atom. The Morgan fingerprint density at radius 1 is 1.11 bits per heavy atom. The zero-order valence-electron chi connectivity index (χ0n) is 10.7. The summed E-state index contributed by atoms with van der Waals surface area (Å²) in [5.41, 5.74) is 2.82. The zero-order chi connectivity index (χ0) is 12.5. The van der Waals surface area contributed by atoms with Gasteiger partial charge in [0, 0.05) is 10.7 Å². The Labute approximate surface area is 117 Å². The Hall–Kier alpha value is -0.700. The maximum absolute atomic E-state index is 5.87. The fraction of sp³-hybridized carbons (Fsp3) is 0.600. The molecule has 98 valence electrons. The van der Waals surface area contributed by atoms with Crippen LogP contribution >= 0.6 is 15.9 Å². The van der Waals surface area contributed by atoms with Crippen molar-refractivity contribution in [1.82, 2.24) is 0 Å². The van der Waals surface area contributed by atoms with E-state index in [1.807, 2.05) is 0 Å². The molecule has 2 atom stereocenters. The third-order valence-electron chi connectivity index (χ3n) is 3.74. The van der Waals surface area contributed by atoms with Gasteiger partial charge in [0.25, 0.3) is 0 Å². The highest BCUT2D eigenvalue weighted by Crippen LogP contribution is 2.41. The molecule has 0 saturated heterocycles. The third kappa shape index (κ3) is 2.37. The van der Waals surface area contributed by atoms with Crippen LogP contribution < -0.4 is 9.47 Å². The molecule has 0 fully saturated rings. The standard InChI is InChI=1S/C15H19BrO2/c1-10-8-17-14-6-11-4-2-3-5-13(16)12(11)7-15(14)18-9-10/h6-7,10,13H,2-5,8-9H2,1H3. The summed E-state index contributed by atoms with van der Waals surface area (Å²) in [4.78, 5) is 0.463. The second kappa shape index (κ2) is 5.12. The largest absolute Gasteiger partial charge is 0.489 e. The number of hydrogen-bond acceptors (Lipinski definition) is 2.